The molecule has 0 saturated carbocycles. The molecule has 0 radical (unpaired) electrons. The Morgan fingerprint density at radius 1 is 1.00 bits per heavy atom. The molecule has 0 aromatic heterocycles. The quantitative estimate of drug-likeness (QED) is 0.876. The van der Waals surface area contributed by atoms with Crippen LogP contribution in [0.4, 0.5) is 0 Å². The standard InChI is InChI=1S/C11H13Cl3O/c1-3-7-9(12)6(2)10(13)8(4-5-15)11(7)14/h15H,3-5H2,1-2H3. The first-order valence-electron chi connectivity index (χ1n) is 4.80. The highest BCUT2D eigenvalue weighted by atomic mass is 35.5. The summed E-state index contributed by atoms with van der Waals surface area (Å²) in [6.07, 6.45) is 1.22. The number of rotatable bonds is 3. The molecule has 1 aromatic rings. The largest absolute Gasteiger partial charge is 0.396 e. The van der Waals surface area contributed by atoms with Crippen LogP contribution in [0.3, 0.4) is 0 Å². The van der Waals surface area contributed by atoms with Crippen LogP contribution in [0.2, 0.25) is 15.1 Å². The van der Waals surface area contributed by atoms with E-state index in [2.05, 4.69) is 0 Å². The van der Waals surface area contributed by atoms with Crippen molar-refractivity contribution in [3.8, 4) is 0 Å². The topological polar surface area (TPSA) is 20.2 Å². The van der Waals surface area contributed by atoms with Crippen molar-refractivity contribution in [3.63, 3.8) is 0 Å². The van der Waals surface area contributed by atoms with Gasteiger partial charge >= 0.3 is 0 Å². The summed E-state index contributed by atoms with van der Waals surface area (Å²) in [6.45, 7) is 3.88. The van der Waals surface area contributed by atoms with Gasteiger partial charge in [0.1, 0.15) is 0 Å². The molecule has 0 aliphatic heterocycles. The van der Waals surface area contributed by atoms with E-state index >= 15 is 0 Å². The molecule has 0 saturated heterocycles. The third-order valence-corrected chi connectivity index (χ3v) is 3.91. The highest BCUT2D eigenvalue weighted by Crippen LogP contribution is 2.38. The highest BCUT2D eigenvalue weighted by molar-refractivity contribution is 6.41. The third-order valence-electron chi connectivity index (χ3n) is 2.43. The van der Waals surface area contributed by atoms with E-state index in [1.807, 2.05) is 13.8 Å². The van der Waals surface area contributed by atoms with Crippen molar-refractivity contribution in [2.75, 3.05) is 6.61 Å². The molecule has 1 nitrogen and oxygen atoms in total. The summed E-state index contributed by atoms with van der Waals surface area (Å²) < 4.78 is 0. The second-order valence-electron chi connectivity index (χ2n) is 3.35. The van der Waals surface area contributed by atoms with Gasteiger partial charge in [0.25, 0.3) is 0 Å². The van der Waals surface area contributed by atoms with Gasteiger partial charge in [0, 0.05) is 16.7 Å². The number of halogens is 3. The van der Waals surface area contributed by atoms with Gasteiger partial charge in [-0.1, -0.05) is 41.7 Å². The van der Waals surface area contributed by atoms with Crippen molar-refractivity contribution in [1.29, 1.82) is 0 Å². The molecule has 0 atom stereocenters. The summed E-state index contributed by atoms with van der Waals surface area (Å²) in [6, 6.07) is 0. The van der Waals surface area contributed by atoms with Crippen molar-refractivity contribution in [3.05, 3.63) is 31.8 Å². The fourth-order valence-corrected chi connectivity index (χ4v) is 2.73. The smallest absolute Gasteiger partial charge is 0.0500 e. The van der Waals surface area contributed by atoms with Gasteiger partial charge in [-0.2, -0.15) is 0 Å². The maximum Gasteiger partial charge on any atom is 0.0500 e. The number of aliphatic hydroxyl groups is 1. The normalized spacial score (nSPS) is 10.8. The fraction of sp³-hybridized carbons (Fsp3) is 0.455. The fourth-order valence-electron chi connectivity index (χ4n) is 1.57. The molecule has 4 heteroatoms. The predicted octanol–water partition coefficient (Wildman–Crippen LogP) is 4.05. The molecular formula is C11H13Cl3O. The Labute approximate surface area is 105 Å². The molecule has 0 fully saturated rings. The van der Waals surface area contributed by atoms with E-state index in [-0.39, 0.29) is 6.61 Å². The molecule has 0 bridgehead atoms. The molecule has 1 rings (SSSR count). The molecule has 0 unspecified atom stereocenters. The Morgan fingerprint density at radius 2 is 1.53 bits per heavy atom. The molecule has 0 amide bonds. The van der Waals surface area contributed by atoms with Crippen LogP contribution in [0.15, 0.2) is 0 Å². The van der Waals surface area contributed by atoms with Crippen LogP contribution >= 0.6 is 34.8 Å². The molecule has 0 aliphatic rings. The maximum atomic E-state index is 8.94. The van der Waals surface area contributed by atoms with Crippen LogP contribution in [0, 0.1) is 6.92 Å². The Kier molecular flexibility index (Phi) is 4.72. The highest BCUT2D eigenvalue weighted by Gasteiger charge is 2.17. The minimum Gasteiger partial charge on any atom is -0.396 e. The first-order valence-corrected chi connectivity index (χ1v) is 5.93. The number of benzene rings is 1. The van der Waals surface area contributed by atoms with E-state index in [9.17, 15) is 0 Å². The lowest BCUT2D eigenvalue weighted by Crippen LogP contribution is -2.00. The first kappa shape index (κ1) is 13.1. The second-order valence-corrected chi connectivity index (χ2v) is 4.49. The van der Waals surface area contributed by atoms with Gasteiger partial charge in [-0.3, -0.25) is 0 Å². The predicted molar refractivity (Wildman–Crippen MR) is 66.4 cm³/mol. The van der Waals surface area contributed by atoms with Gasteiger partial charge < -0.3 is 5.11 Å². The number of hydrogen-bond donors (Lipinski definition) is 1. The van der Waals surface area contributed by atoms with E-state index in [0.29, 0.717) is 21.5 Å². The van der Waals surface area contributed by atoms with Crippen LogP contribution in [0.5, 0.6) is 0 Å². The van der Waals surface area contributed by atoms with Crippen LogP contribution in [-0.4, -0.2) is 11.7 Å². The van der Waals surface area contributed by atoms with E-state index < -0.39 is 0 Å². The molecule has 0 aliphatic carbocycles. The zero-order valence-electron chi connectivity index (χ0n) is 8.70. The van der Waals surface area contributed by atoms with Gasteiger partial charge in [0.15, 0.2) is 0 Å². The van der Waals surface area contributed by atoms with E-state index in [1.165, 1.54) is 0 Å². The van der Waals surface area contributed by atoms with Crippen molar-refractivity contribution < 1.29 is 5.11 Å². The molecule has 0 heterocycles. The van der Waals surface area contributed by atoms with E-state index in [1.54, 1.807) is 0 Å². The summed E-state index contributed by atoms with van der Waals surface area (Å²) >= 11 is 18.5. The van der Waals surface area contributed by atoms with Crippen molar-refractivity contribution in [2.45, 2.75) is 26.7 Å². The monoisotopic (exact) mass is 266 g/mol. The van der Waals surface area contributed by atoms with Gasteiger partial charge in [-0.25, -0.2) is 0 Å². The number of aliphatic hydroxyl groups excluding tert-OH is 1. The SMILES string of the molecule is CCc1c(Cl)c(C)c(Cl)c(CCO)c1Cl. The zero-order valence-corrected chi connectivity index (χ0v) is 11.0. The van der Waals surface area contributed by atoms with Crippen molar-refractivity contribution in [2.24, 2.45) is 0 Å². The van der Waals surface area contributed by atoms with Crippen LogP contribution in [0.1, 0.15) is 23.6 Å². The molecule has 15 heavy (non-hydrogen) atoms. The van der Waals surface area contributed by atoms with Crippen LogP contribution in [-0.2, 0) is 12.8 Å². The van der Waals surface area contributed by atoms with Gasteiger partial charge in [0.05, 0.1) is 5.02 Å². The lowest BCUT2D eigenvalue weighted by molar-refractivity contribution is 0.299. The van der Waals surface area contributed by atoms with Crippen molar-refractivity contribution >= 4 is 34.8 Å². The summed E-state index contributed by atoms with van der Waals surface area (Å²) in [5.74, 6) is 0. The molecule has 1 N–H and O–H groups in total. The second kappa shape index (κ2) is 5.40. The zero-order chi connectivity index (χ0) is 11.6. The van der Waals surface area contributed by atoms with Crippen LogP contribution < -0.4 is 0 Å². The lowest BCUT2D eigenvalue weighted by Gasteiger charge is -2.15. The summed E-state index contributed by atoms with van der Waals surface area (Å²) in [4.78, 5) is 0. The van der Waals surface area contributed by atoms with Gasteiger partial charge in [-0.15, -0.1) is 0 Å². The van der Waals surface area contributed by atoms with Crippen molar-refractivity contribution in [1.82, 2.24) is 0 Å². The third kappa shape index (κ3) is 2.42. The maximum absolute atomic E-state index is 8.94. The Hall–Kier alpha value is 0.0500. The van der Waals surface area contributed by atoms with Gasteiger partial charge in [-0.05, 0) is 36.5 Å². The van der Waals surface area contributed by atoms with E-state index in [0.717, 1.165) is 23.1 Å². The van der Waals surface area contributed by atoms with E-state index in [4.69, 9.17) is 39.9 Å². The minimum atomic E-state index is 0.0314. The summed E-state index contributed by atoms with van der Waals surface area (Å²) in [5.41, 5.74) is 2.53. The summed E-state index contributed by atoms with van der Waals surface area (Å²) in [5, 5.41) is 10.7. The number of hydrogen-bond acceptors (Lipinski definition) is 1. The average molecular weight is 268 g/mol. The minimum absolute atomic E-state index is 0.0314. The first-order chi connectivity index (χ1) is 7.04. The van der Waals surface area contributed by atoms with Gasteiger partial charge in [0.2, 0.25) is 0 Å². The Morgan fingerprint density at radius 3 is 2.00 bits per heavy atom. The lowest BCUT2D eigenvalue weighted by atomic mass is 10.0. The molecule has 1 aromatic carbocycles. The molecule has 0 spiro atoms. The average Bonchev–Trinajstić information content (AvgIpc) is 2.22. The molecule has 84 valence electrons. The van der Waals surface area contributed by atoms with Crippen LogP contribution in [0.25, 0.3) is 0 Å². The Bertz CT molecular complexity index is 375. The Balaban J connectivity index is 3.45. The summed E-state index contributed by atoms with van der Waals surface area (Å²) in [7, 11) is 0. The molecular weight excluding hydrogens is 254 g/mol.